The first-order valence-electron chi connectivity index (χ1n) is 15.6. The Bertz CT molecular complexity index is 2460. The van der Waals surface area contributed by atoms with Crippen molar-refractivity contribution in [1.29, 1.82) is 0 Å². The molecule has 0 aliphatic carbocycles. The molecule has 0 saturated heterocycles. The lowest BCUT2D eigenvalue weighted by Gasteiger charge is -2.23. The van der Waals surface area contributed by atoms with E-state index in [1.807, 2.05) is 42.5 Å². The van der Waals surface area contributed by atoms with E-state index in [9.17, 15) is 0 Å². The minimum Gasteiger partial charge on any atom is -0.456 e. The van der Waals surface area contributed by atoms with Gasteiger partial charge in [0.2, 0.25) is 0 Å². The molecule has 0 fully saturated rings. The molecule has 9 rings (SSSR count). The molecule has 0 spiro atoms. The third-order valence-corrected chi connectivity index (χ3v) is 8.73. The van der Waals surface area contributed by atoms with Crippen LogP contribution in [0.15, 0.2) is 158 Å². The molecule has 1 aliphatic heterocycles. The molecule has 0 bridgehead atoms. The molecule has 0 unspecified atom stereocenters. The second kappa shape index (κ2) is 9.44. The van der Waals surface area contributed by atoms with Gasteiger partial charge in [-0.3, -0.25) is 0 Å². The minimum absolute atomic E-state index is 0.463. The van der Waals surface area contributed by atoms with Gasteiger partial charge in [0.15, 0.2) is 0 Å². The summed E-state index contributed by atoms with van der Waals surface area (Å²) in [7, 11) is 0. The Morgan fingerprint density at radius 2 is 1.00 bits per heavy atom. The summed E-state index contributed by atoms with van der Waals surface area (Å²) in [4.78, 5) is 0. The molecule has 0 radical (unpaired) electrons. The number of ether oxygens (including phenoxy) is 1. The molecule has 0 saturated carbocycles. The molecular weight excluding hydrogens is 520 g/mol. The number of fused-ring (bicyclic) bond motifs is 4. The average molecular weight is 549 g/mol. The van der Waals surface area contributed by atoms with Gasteiger partial charge in [-0.2, -0.15) is 0 Å². The molecule has 8 aromatic rings. The molecule has 8 aromatic carbocycles. The summed E-state index contributed by atoms with van der Waals surface area (Å²) in [5.41, 5.74) is 8.83. The summed E-state index contributed by atoms with van der Waals surface area (Å²) in [6, 6.07) is 50.9. The maximum atomic E-state index is 8.64. The lowest BCUT2D eigenvalue weighted by atomic mass is 9.84. The van der Waals surface area contributed by atoms with E-state index in [0.717, 1.165) is 82.8 Å². The summed E-state index contributed by atoms with van der Waals surface area (Å²) < 4.78 is 23.7. The number of hydrogen-bond donors (Lipinski definition) is 0. The van der Waals surface area contributed by atoms with E-state index in [1.54, 1.807) is 0 Å². The fraction of sp³-hybridized carbons (Fsp3) is 0. The maximum Gasteiger partial charge on any atom is 0.135 e. The van der Waals surface area contributed by atoms with E-state index in [4.69, 9.17) is 7.48 Å². The Balaban J connectivity index is 1.31. The highest BCUT2D eigenvalue weighted by atomic mass is 16.5. The Kier molecular flexibility index (Phi) is 4.83. The van der Waals surface area contributed by atoms with Gasteiger partial charge in [0.1, 0.15) is 11.5 Å². The van der Waals surface area contributed by atoms with Crippen LogP contribution in [0.1, 0.15) is 2.74 Å². The fourth-order valence-corrected chi connectivity index (χ4v) is 6.80. The fourth-order valence-electron chi connectivity index (χ4n) is 6.80. The van der Waals surface area contributed by atoms with E-state index in [-0.39, 0.29) is 0 Å². The zero-order chi connectivity index (χ0) is 30.1. The van der Waals surface area contributed by atoms with Crippen LogP contribution in [0.3, 0.4) is 0 Å². The van der Waals surface area contributed by atoms with Crippen LogP contribution in [0.25, 0.3) is 76.8 Å². The second-order valence-corrected chi connectivity index (χ2v) is 11.1. The van der Waals surface area contributed by atoms with Crippen molar-refractivity contribution in [3.05, 3.63) is 158 Å². The van der Waals surface area contributed by atoms with Crippen molar-refractivity contribution in [1.82, 2.24) is 0 Å². The van der Waals surface area contributed by atoms with Crippen molar-refractivity contribution in [2.24, 2.45) is 0 Å². The summed E-state index contributed by atoms with van der Waals surface area (Å²) in [6.45, 7) is 0. The first kappa shape index (κ1) is 22.0. The standard InChI is InChI=1S/C42H26O/c1-2-10-27(11-3-1)28-20-22-30(23-21-28)40-32-14-4-6-16-34(32)41(35-17-7-5-15-33(35)40)31-24-25-38-37(26-31)36-18-8-12-29-13-9-19-39(43-38)42(29)36/h1-26H/i4D,7D. The first-order chi connectivity index (χ1) is 22.1. The van der Waals surface area contributed by atoms with Gasteiger partial charge in [-0.05, 0) is 84.1 Å². The monoisotopic (exact) mass is 548 g/mol. The molecule has 1 heterocycles. The van der Waals surface area contributed by atoms with Crippen LogP contribution in [-0.4, -0.2) is 0 Å². The molecular formula is C42H26O. The second-order valence-electron chi connectivity index (χ2n) is 11.1. The summed E-state index contributed by atoms with van der Waals surface area (Å²) in [5.74, 6) is 1.71. The molecule has 0 atom stereocenters. The SMILES string of the molecule is [2H]c1ccc2c(-c3ccc4c(c3)-c3cccc5cccc(c35)O4)c3cc([2H])ccc3c(-c3ccc(-c4ccccc4)cc3)c2c1. The molecule has 200 valence electrons. The van der Waals surface area contributed by atoms with Crippen molar-refractivity contribution >= 4 is 32.3 Å². The van der Waals surface area contributed by atoms with Gasteiger partial charge in [-0.15, -0.1) is 0 Å². The number of hydrogen-bond acceptors (Lipinski definition) is 1. The zero-order valence-electron chi connectivity index (χ0n) is 25.3. The van der Waals surface area contributed by atoms with Gasteiger partial charge in [-0.1, -0.05) is 139 Å². The van der Waals surface area contributed by atoms with Crippen LogP contribution in [0, 0.1) is 0 Å². The third-order valence-electron chi connectivity index (χ3n) is 8.73. The van der Waals surface area contributed by atoms with Crippen LogP contribution in [0.5, 0.6) is 11.5 Å². The minimum atomic E-state index is 0.463. The van der Waals surface area contributed by atoms with Gasteiger partial charge < -0.3 is 4.74 Å². The smallest absolute Gasteiger partial charge is 0.135 e. The van der Waals surface area contributed by atoms with E-state index < -0.39 is 0 Å². The predicted molar refractivity (Wildman–Crippen MR) is 181 cm³/mol. The van der Waals surface area contributed by atoms with Gasteiger partial charge in [-0.25, -0.2) is 0 Å². The van der Waals surface area contributed by atoms with E-state index in [1.165, 1.54) is 5.56 Å². The van der Waals surface area contributed by atoms with Crippen LogP contribution < -0.4 is 4.74 Å². The van der Waals surface area contributed by atoms with E-state index in [0.29, 0.717) is 12.1 Å². The lowest BCUT2D eigenvalue weighted by Crippen LogP contribution is -1.97. The Morgan fingerprint density at radius 1 is 0.395 bits per heavy atom. The van der Waals surface area contributed by atoms with Crippen molar-refractivity contribution in [2.75, 3.05) is 0 Å². The molecule has 43 heavy (non-hydrogen) atoms. The topological polar surface area (TPSA) is 9.23 Å². The first-order valence-corrected chi connectivity index (χ1v) is 14.6. The molecule has 1 heteroatoms. The highest BCUT2D eigenvalue weighted by Gasteiger charge is 2.22. The quantitative estimate of drug-likeness (QED) is 0.200. The van der Waals surface area contributed by atoms with Gasteiger partial charge in [0.05, 0.1) is 2.74 Å². The molecule has 0 aromatic heterocycles. The van der Waals surface area contributed by atoms with E-state index >= 15 is 0 Å². The molecule has 1 nitrogen and oxygen atoms in total. The Hall–Kier alpha value is -5.66. The van der Waals surface area contributed by atoms with Gasteiger partial charge >= 0.3 is 0 Å². The number of benzene rings is 8. The van der Waals surface area contributed by atoms with Crippen molar-refractivity contribution in [3.63, 3.8) is 0 Å². The highest BCUT2D eigenvalue weighted by molar-refractivity contribution is 6.21. The van der Waals surface area contributed by atoms with Crippen LogP contribution >= 0.6 is 0 Å². The normalized spacial score (nSPS) is 12.6. The van der Waals surface area contributed by atoms with Crippen LogP contribution in [0.2, 0.25) is 0 Å². The Labute approximate surface area is 253 Å². The zero-order valence-corrected chi connectivity index (χ0v) is 23.3. The third kappa shape index (κ3) is 3.72. The average Bonchev–Trinajstić information content (AvgIpc) is 3.08. The largest absolute Gasteiger partial charge is 0.456 e. The van der Waals surface area contributed by atoms with Crippen LogP contribution in [-0.2, 0) is 0 Å². The molecule has 0 N–H and O–H groups in total. The van der Waals surface area contributed by atoms with E-state index in [2.05, 4.69) is 103 Å². The predicted octanol–water partition coefficient (Wildman–Crippen LogP) is 11.9. The van der Waals surface area contributed by atoms with Gasteiger partial charge in [0, 0.05) is 10.9 Å². The highest BCUT2D eigenvalue weighted by Crippen LogP contribution is 2.49. The van der Waals surface area contributed by atoms with Crippen molar-refractivity contribution in [2.45, 2.75) is 0 Å². The van der Waals surface area contributed by atoms with Crippen molar-refractivity contribution in [3.8, 4) is 56.0 Å². The van der Waals surface area contributed by atoms with Crippen LogP contribution in [0.4, 0.5) is 0 Å². The lowest BCUT2D eigenvalue weighted by molar-refractivity contribution is 0.487. The molecule has 1 aliphatic rings. The number of rotatable bonds is 3. The summed E-state index contributed by atoms with van der Waals surface area (Å²) >= 11 is 0. The summed E-state index contributed by atoms with van der Waals surface area (Å²) in [5, 5.41) is 6.44. The van der Waals surface area contributed by atoms with Gasteiger partial charge in [0.25, 0.3) is 0 Å². The molecule has 0 amide bonds. The maximum absolute atomic E-state index is 8.64. The van der Waals surface area contributed by atoms with Crippen molar-refractivity contribution < 1.29 is 7.48 Å². The summed E-state index contributed by atoms with van der Waals surface area (Å²) in [6.07, 6.45) is 0. The Morgan fingerprint density at radius 3 is 1.74 bits per heavy atom.